The van der Waals surface area contributed by atoms with E-state index in [1.165, 1.54) is 0 Å². The summed E-state index contributed by atoms with van der Waals surface area (Å²) in [6.45, 7) is 5.49. The number of nitrogens with one attached hydrogen (secondary N) is 1. The van der Waals surface area contributed by atoms with Gasteiger partial charge in [-0.15, -0.1) is 0 Å². The van der Waals surface area contributed by atoms with E-state index in [9.17, 15) is 8.42 Å². The highest BCUT2D eigenvalue weighted by molar-refractivity contribution is 7.91. The van der Waals surface area contributed by atoms with E-state index in [4.69, 9.17) is 15.5 Å². The lowest BCUT2D eigenvalue weighted by Gasteiger charge is -2.30. The molecular weight excluding hydrogens is 538 g/mol. The maximum atomic E-state index is 12.1. The molecule has 1 saturated heterocycles. The molecule has 4 aromatic rings. The number of sulfone groups is 1. The van der Waals surface area contributed by atoms with Gasteiger partial charge in [0.2, 0.25) is 5.95 Å². The second-order valence-corrected chi connectivity index (χ2v) is 12.4. The highest BCUT2D eigenvalue weighted by Crippen LogP contribution is 2.28. The van der Waals surface area contributed by atoms with Crippen LogP contribution in [0.5, 0.6) is 5.75 Å². The van der Waals surface area contributed by atoms with Gasteiger partial charge in [0, 0.05) is 36.8 Å². The van der Waals surface area contributed by atoms with Crippen molar-refractivity contribution in [1.29, 1.82) is 0 Å². The third kappa shape index (κ3) is 6.57. The fraction of sp³-hybridized carbons (Fsp3) is 0.333. The number of fused-ring (bicyclic) bond motifs is 1. The number of aromatic nitrogens is 4. The van der Waals surface area contributed by atoms with Gasteiger partial charge in [0.1, 0.15) is 23.1 Å². The van der Waals surface area contributed by atoms with Crippen LogP contribution in [0.1, 0.15) is 34.5 Å². The monoisotopic (exact) mass is 573 g/mol. The minimum atomic E-state index is -2.99. The van der Waals surface area contributed by atoms with Crippen molar-refractivity contribution in [2.75, 3.05) is 54.2 Å². The van der Waals surface area contributed by atoms with Crippen LogP contribution >= 0.6 is 0 Å². The number of hydrogen-bond acceptors (Lipinski definition) is 10. The third-order valence-electron chi connectivity index (χ3n) is 7.24. The van der Waals surface area contributed by atoms with Crippen LogP contribution in [0, 0.1) is 13.8 Å². The summed E-state index contributed by atoms with van der Waals surface area (Å²) in [5.41, 5.74) is 11.4. The molecule has 0 radical (unpaired) electrons. The molecule has 0 atom stereocenters. The van der Waals surface area contributed by atoms with Gasteiger partial charge in [-0.2, -0.15) is 4.98 Å². The van der Waals surface area contributed by atoms with Crippen LogP contribution in [0.2, 0.25) is 0 Å². The summed E-state index contributed by atoms with van der Waals surface area (Å²) in [4.78, 5) is 20.3. The van der Waals surface area contributed by atoms with Crippen molar-refractivity contribution in [2.24, 2.45) is 0 Å². The average Bonchev–Trinajstić information content (AvgIpc) is 2.95. The Bertz CT molecular complexity index is 1690. The standard InChI is InChI=1S/C30H35N7O3S/c1-20-7-4-8-22-19-23(29(35-27(20)22)37-15-17-41(38,39)18-16-37)9-5-14-33-28-24(21(2)34-30(31)36-28)11-12-25-26(40-3)10-6-13-32-25/h4,6-8,10-13,19H,5,9,14-18H2,1-3H3,(H3,31,33,34,36)/b12-11+. The average molecular weight is 574 g/mol. The van der Waals surface area contributed by atoms with Crippen LogP contribution in [0.3, 0.4) is 0 Å². The SMILES string of the molecule is COc1cccnc1/C=C/c1c(C)nc(N)nc1NCCCc1cc2cccc(C)c2nc1N1CCS(=O)(=O)CC1. The van der Waals surface area contributed by atoms with Crippen LogP contribution < -0.4 is 20.7 Å². The van der Waals surface area contributed by atoms with Gasteiger partial charge in [-0.3, -0.25) is 4.98 Å². The lowest BCUT2D eigenvalue weighted by atomic mass is 10.0. The molecule has 1 fully saturated rings. The molecule has 1 aliphatic rings. The Balaban J connectivity index is 1.35. The molecule has 0 amide bonds. The summed E-state index contributed by atoms with van der Waals surface area (Å²) >= 11 is 0. The maximum absolute atomic E-state index is 12.1. The van der Waals surface area contributed by atoms with Crippen molar-refractivity contribution >= 4 is 50.5 Å². The van der Waals surface area contributed by atoms with Gasteiger partial charge in [-0.25, -0.2) is 18.4 Å². The Labute approximate surface area is 240 Å². The fourth-order valence-electron chi connectivity index (χ4n) is 5.05. The molecule has 0 spiro atoms. The number of anilines is 3. The first-order valence-corrected chi connectivity index (χ1v) is 15.5. The lowest BCUT2D eigenvalue weighted by molar-refractivity contribution is 0.412. The predicted molar refractivity (Wildman–Crippen MR) is 165 cm³/mol. The molecule has 4 heterocycles. The van der Waals surface area contributed by atoms with E-state index in [1.54, 1.807) is 13.3 Å². The van der Waals surface area contributed by atoms with Gasteiger partial charge >= 0.3 is 0 Å². The molecule has 10 nitrogen and oxygen atoms in total. The smallest absolute Gasteiger partial charge is 0.222 e. The number of hydrogen-bond donors (Lipinski definition) is 2. The number of para-hydroxylation sites is 1. The van der Waals surface area contributed by atoms with Gasteiger partial charge in [0.25, 0.3) is 0 Å². The topological polar surface area (TPSA) is 136 Å². The summed E-state index contributed by atoms with van der Waals surface area (Å²) in [7, 11) is -1.38. The summed E-state index contributed by atoms with van der Waals surface area (Å²) in [5.74, 6) is 2.70. The third-order valence-corrected chi connectivity index (χ3v) is 8.85. The minimum Gasteiger partial charge on any atom is -0.494 e. The van der Waals surface area contributed by atoms with Crippen molar-refractivity contribution in [1.82, 2.24) is 19.9 Å². The summed E-state index contributed by atoms with van der Waals surface area (Å²) in [6.07, 6.45) is 7.07. The van der Waals surface area contributed by atoms with Gasteiger partial charge in [-0.1, -0.05) is 18.2 Å². The van der Waals surface area contributed by atoms with Gasteiger partial charge in [0.15, 0.2) is 9.84 Å². The molecule has 0 aliphatic carbocycles. The van der Waals surface area contributed by atoms with Crippen LogP contribution in [0.15, 0.2) is 42.6 Å². The number of nitrogens with zero attached hydrogens (tertiary/aromatic N) is 5. The Morgan fingerprint density at radius 1 is 1.07 bits per heavy atom. The summed E-state index contributed by atoms with van der Waals surface area (Å²) in [6, 6.07) is 12.0. The predicted octanol–water partition coefficient (Wildman–Crippen LogP) is 4.08. The summed E-state index contributed by atoms with van der Waals surface area (Å²) < 4.78 is 29.6. The molecule has 5 rings (SSSR count). The molecular formula is C30H35N7O3S. The van der Waals surface area contributed by atoms with Crippen LogP contribution in [0.4, 0.5) is 17.6 Å². The van der Waals surface area contributed by atoms with Gasteiger partial charge < -0.3 is 20.7 Å². The number of ether oxygens (including phenoxy) is 1. The zero-order valence-corrected chi connectivity index (χ0v) is 24.4. The Morgan fingerprint density at radius 2 is 1.88 bits per heavy atom. The number of nitrogen functional groups attached to an aromatic ring is 1. The van der Waals surface area contributed by atoms with Crippen LogP contribution in [-0.4, -0.2) is 66.6 Å². The first-order valence-electron chi connectivity index (χ1n) is 13.6. The van der Waals surface area contributed by atoms with Crippen molar-refractivity contribution in [2.45, 2.75) is 26.7 Å². The quantitative estimate of drug-likeness (QED) is 0.282. The van der Waals surface area contributed by atoms with E-state index in [0.717, 1.165) is 51.9 Å². The molecule has 1 aliphatic heterocycles. The first kappa shape index (κ1) is 28.3. The molecule has 1 aromatic carbocycles. The van der Waals surface area contributed by atoms with E-state index in [0.29, 0.717) is 36.9 Å². The van der Waals surface area contributed by atoms with Crippen molar-refractivity contribution in [3.05, 3.63) is 70.7 Å². The Morgan fingerprint density at radius 3 is 2.66 bits per heavy atom. The second-order valence-electron chi connectivity index (χ2n) is 10.1. The molecule has 0 bridgehead atoms. The molecule has 0 unspecified atom stereocenters. The van der Waals surface area contributed by atoms with Gasteiger partial charge in [-0.05, 0) is 68.2 Å². The van der Waals surface area contributed by atoms with Crippen molar-refractivity contribution < 1.29 is 13.2 Å². The number of aryl methyl sites for hydroxylation is 3. The van der Waals surface area contributed by atoms with Crippen molar-refractivity contribution in [3.63, 3.8) is 0 Å². The fourth-order valence-corrected chi connectivity index (χ4v) is 6.25. The molecule has 3 N–H and O–H groups in total. The lowest BCUT2D eigenvalue weighted by Crippen LogP contribution is -2.41. The zero-order chi connectivity index (χ0) is 29.0. The highest BCUT2D eigenvalue weighted by Gasteiger charge is 2.24. The Hall–Kier alpha value is -4.25. The van der Waals surface area contributed by atoms with Crippen molar-refractivity contribution in [3.8, 4) is 5.75 Å². The Kier molecular flexibility index (Phi) is 8.34. The highest BCUT2D eigenvalue weighted by atomic mass is 32.2. The van der Waals surface area contributed by atoms with E-state index in [1.807, 2.05) is 37.3 Å². The van der Waals surface area contributed by atoms with Crippen LogP contribution in [0.25, 0.3) is 23.1 Å². The first-order chi connectivity index (χ1) is 19.7. The number of rotatable bonds is 9. The number of methoxy groups -OCH3 is 1. The number of pyridine rings is 2. The molecule has 11 heteroatoms. The molecule has 214 valence electrons. The van der Waals surface area contributed by atoms with E-state index in [-0.39, 0.29) is 17.5 Å². The van der Waals surface area contributed by atoms with E-state index in [2.05, 4.69) is 50.3 Å². The molecule has 0 saturated carbocycles. The zero-order valence-electron chi connectivity index (χ0n) is 23.6. The van der Waals surface area contributed by atoms with E-state index < -0.39 is 9.84 Å². The second kappa shape index (κ2) is 12.1. The van der Waals surface area contributed by atoms with E-state index >= 15 is 0 Å². The number of benzene rings is 1. The molecule has 41 heavy (non-hydrogen) atoms. The minimum absolute atomic E-state index is 0.149. The maximum Gasteiger partial charge on any atom is 0.222 e. The van der Waals surface area contributed by atoms with Crippen LogP contribution in [-0.2, 0) is 16.3 Å². The number of nitrogens with two attached hydrogens (primary N) is 1. The largest absolute Gasteiger partial charge is 0.494 e. The molecule has 3 aromatic heterocycles. The summed E-state index contributed by atoms with van der Waals surface area (Å²) in [5, 5.41) is 4.52. The normalized spacial score (nSPS) is 15.0. The van der Waals surface area contributed by atoms with Gasteiger partial charge in [0.05, 0.1) is 29.8 Å².